The van der Waals surface area contributed by atoms with Gasteiger partial charge in [0, 0.05) is 11.2 Å². The lowest BCUT2D eigenvalue weighted by Gasteiger charge is -2.36. The van der Waals surface area contributed by atoms with Gasteiger partial charge in [0.2, 0.25) is 5.91 Å². The molecule has 0 aliphatic carbocycles. The lowest BCUT2D eigenvalue weighted by molar-refractivity contribution is -0.126. The number of benzene rings is 1. The van der Waals surface area contributed by atoms with E-state index in [1.54, 1.807) is 25.3 Å². The zero-order valence-corrected chi connectivity index (χ0v) is 13.6. The number of carbonyl (C=O) groups excluding carboxylic acids is 1. The molecule has 0 saturated heterocycles. The molecule has 0 unspecified atom stereocenters. The maximum absolute atomic E-state index is 12.3. The van der Waals surface area contributed by atoms with E-state index in [4.69, 9.17) is 10.5 Å². The largest absolute Gasteiger partial charge is 0.496 e. The Morgan fingerprint density at radius 1 is 1.32 bits per heavy atom. The monoisotopic (exact) mass is 328 g/mol. The van der Waals surface area contributed by atoms with E-state index >= 15 is 0 Å². The first kappa shape index (κ1) is 16.0. The first-order valence-electron chi connectivity index (χ1n) is 6.03. The Bertz CT molecular complexity index is 479. The van der Waals surface area contributed by atoms with E-state index in [9.17, 15) is 4.79 Å². The van der Waals surface area contributed by atoms with Crippen molar-refractivity contribution in [2.75, 3.05) is 12.4 Å². The van der Waals surface area contributed by atoms with Crippen molar-refractivity contribution in [2.24, 2.45) is 11.1 Å². The molecule has 1 aromatic carbocycles. The number of carbonyl (C=O) groups is 1. The molecule has 0 saturated carbocycles. The fourth-order valence-corrected chi connectivity index (χ4v) is 1.86. The number of hydrogen-bond acceptors (Lipinski definition) is 3. The number of anilines is 1. The van der Waals surface area contributed by atoms with Crippen molar-refractivity contribution >= 4 is 27.5 Å². The molecular weight excluding hydrogens is 308 g/mol. The predicted octanol–water partition coefficient (Wildman–Crippen LogP) is 3.16. The fraction of sp³-hybridized carbons (Fsp3) is 0.500. The van der Waals surface area contributed by atoms with E-state index in [1.165, 1.54) is 0 Å². The van der Waals surface area contributed by atoms with Crippen LogP contribution in [-0.4, -0.2) is 18.6 Å². The van der Waals surface area contributed by atoms with Crippen LogP contribution >= 0.6 is 15.9 Å². The molecule has 0 spiro atoms. The summed E-state index contributed by atoms with van der Waals surface area (Å²) in [5.41, 5.74) is 5.47. The van der Waals surface area contributed by atoms with E-state index in [-0.39, 0.29) is 5.91 Å². The standard InChI is InChI=1S/C14H21BrN2O2/c1-13(2,14(3,4)16)12(18)17-9-6-7-11(19-5)10(15)8-9/h6-8H,16H2,1-5H3,(H,17,18). The molecule has 3 N–H and O–H groups in total. The average Bonchev–Trinajstić information content (AvgIpc) is 2.27. The number of rotatable bonds is 4. The van der Waals surface area contributed by atoms with Crippen molar-refractivity contribution in [3.63, 3.8) is 0 Å². The van der Waals surface area contributed by atoms with Gasteiger partial charge in [0.05, 0.1) is 17.0 Å². The van der Waals surface area contributed by atoms with Crippen LogP contribution in [0.4, 0.5) is 5.69 Å². The Hall–Kier alpha value is -1.07. The molecule has 0 aromatic heterocycles. The quantitative estimate of drug-likeness (QED) is 0.892. The van der Waals surface area contributed by atoms with Gasteiger partial charge in [0.25, 0.3) is 0 Å². The molecule has 4 nitrogen and oxygen atoms in total. The predicted molar refractivity (Wildman–Crippen MR) is 81.4 cm³/mol. The maximum atomic E-state index is 12.3. The normalized spacial score (nSPS) is 12.2. The Morgan fingerprint density at radius 3 is 2.32 bits per heavy atom. The van der Waals surface area contributed by atoms with E-state index in [0.717, 1.165) is 10.2 Å². The van der Waals surface area contributed by atoms with Crippen LogP contribution in [0.5, 0.6) is 5.75 Å². The Morgan fingerprint density at radius 2 is 1.89 bits per heavy atom. The summed E-state index contributed by atoms with van der Waals surface area (Å²) in [4.78, 5) is 12.3. The maximum Gasteiger partial charge on any atom is 0.231 e. The van der Waals surface area contributed by atoms with Gasteiger partial charge in [-0.15, -0.1) is 0 Å². The van der Waals surface area contributed by atoms with Crippen LogP contribution in [0.1, 0.15) is 27.7 Å². The van der Waals surface area contributed by atoms with E-state index in [2.05, 4.69) is 21.2 Å². The highest BCUT2D eigenvalue weighted by Crippen LogP contribution is 2.32. The summed E-state index contributed by atoms with van der Waals surface area (Å²) in [5, 5.41) is 2.88. The molecule has 0 bridgehead atoms. The van der Waals surface area contributed by atoms with Crippen LogP contribution < -0.4 is 15.8 Å². The number of ether oxygens (including phenoxy) is 1. The van der Waals surface area contributed by atoms with Crippen LogP contribution in [0.25, 0.3) is 0 Å². The van der Waals surface area contributed by atoms with Gasteiger partial charge >= 0.3 is 0 Å². The number of nitrogens with two attached hydrogens (primary N) is 1. The summed E-state index contributed by atoms with van der Waals surface area (Å²) in [5.74, 6) is 0.605. The lowest BCUT2D eigenvalue weighted by atomic mass is 9.74. The first-order valence-corrected chi connectivity index (χ1v) is 6.83. The van der Waals surface area contributed by atoms with E-state index in [1.807, 2.05) is 27.7 Å². The molecule has 0 heterocycles. The van der Waals surface area contributed by atoms with Crippen molar-refractivity contribution in [1.29, 1.82) is 0 Å². The third-order valence-electron chi connectivity index (χ3n) is 3.59. The zero-order chi connectivity index (χ0) is 14.8. The molecule has 0 atom stereocenters. The molecule has 19 heavy (non-hydrogen) atoms. The summed E-state index contributed by atoms with van der Waals surface area (Å²) < 4.78 is 5.94. The van der Waals surface area contributed by atoms with Gasteiger partial charge in [-0.2, -0.15) is 0 Å². The van der Waals surface area contributed by atoms with Crippen molar-refractivity contribution in [3.8, 4) is 5.75 Å². The van der Waals surface area contributed by atoms with Gasteiger partial charge in [-0.1, -0.05) is 0 Å². The molecule has 1 rings (SSSR count). The minimum absolute atomic E-state index is 0.114. The van der Waals surface area contributed by atoms with Gasteiger partial charge < -0.3 is 15.8 Å². The van der Waals surface area contributed by atoms with Gasteiger partial charge in [-0.25, -0.2) is 0 Å². The van der Waals surface area contributed by atoms with Gasteiger partial charge in [0.15, 0.2) is 0 Å². The summed E-state index contributed by atoms with van der Waals surface area (Å²) in [6.07, 6.45) is 0. The fourth-order valence-electron chi connectivity index (χ4n) is 1.32. The Balaban J connectivity index is 2.92. The highest BCUT2D eigenvalue weighted by Gasteiger charge is 2.40. The molecule has 0 aliphatic heterocycles. The second kappa shape index (κ2) is 5.51. The third kappa shape index (κ3) is 3.48. The van der Waals surface area contributed by atoms with Crippen LogP contribution in [0.15, 0.2) is 22.7 Å². The van der Waals surface area contributed by atoms with Crippen molar-refractivity contribution in [3.05, 3.63) is 22.7 Å². The molecule has 1 amide bonds. The summed E-state index contributed by atoms with van der Waals surface area (Å²) in [6.45, 7) is 7.36. The van der Waals surface area contributed by atoms with Gasteiger partial charge in [-0.3, -0.25) is 4.79 Å². The highest BCUT2D eigenvalue weighted by molar-refractivity contribution is 9.10. The number of hydrogen-bond donors (Lipinski definition) is 2. The van der Waals surface area contributed by atoms with E-state index < -0.39 is 11.0 Å². The Kier molecular flexibility index (Phi) is 4.63. The van der Waals surface area contributed by atoms with Crippen LogP contribution in [0, 0.1) is 5.41 Å². The summed E-state index contributed by atoms with van der Waals surface area (Å²) >= 11 is 3.39. The SMILES string of the molecule is COc1ccc(NC(=O)C(C)(C)C(C)(C)N)cc1Br. The molecule has 0 radical (unpaired) electrons. The lowest BCUT2D eigenvalue weighted by Crippen LogP contribution is -2.53. The van der Waals surface area contributed by atoms with Crippen molar-refractivity contribution in [1.82, 2.24) is 0 Å². The molecule has 1 aromatic rings. The number of halogens is 1. The highest BCUT2D eigenvalue weighted by atomic mass is 79.9. The first-order chi connectivity index (χ1) is 8.59. The van der Waals surface area contributed by atoms with Gasteiger partial charge in [0.1, 0.15) is 5.75 Å². The molecule has 0 aliphatic rings. The van der Waals surface area contributed by atoms with E-state index in [0.29, 0.717) is 5.69 Å². The molecular formula is C14H21BrN2O2. The number of nitrogens with one attached hydrogen (secondary N) is 1. The van der Waals surface area contributed by atoms with Crippen LogP contribution in [0.2, 0.25) is 0 Å². The minimum Gasteiger partial charge on any atom is -0.496 e. The van der Waals surface area contributed by atoms with Crippen molar-refractivity contribution < 1.29 is 9.53 Å². The zero-order valence-electron chi connectivity index (χ0n) is 12.0. The molecule has 0 fully saturated rings. The van der Waals surface area contributed by atoms with Crippen molar-refractivity contribution in [2.45, 2.75) is 33.2 Å². The van der Waals surface area contributed by atoms with Crippen LogP contribution in [0.3, 0.4) is 0 Å². The second-order valence-corrected chi connectivity index (χ2v) is 6.50. The molecule has 106 valence electrons. The minimum atomic E-state index is -0.681. The number of amides is 1. The second-order valence-electron chi connectivity index (χ2n) is 5.65. The van der Waals surface area contributed by atoms with Crippen LogP contribution in [-0.2, 0) is 4.79 Å². The third-order valence-corrected chi connectivity index (χ3v) is 4.21. The topological polar surface area (TPSA) is 64.3 Å². The number of methoxy groups -OCH3 is 1. The van der Waals surface area contributed by atoms with Gasteiger partial charge in [-0.05, 0) is 61.8 Å². The summed E-state index contributed by atoms with van der Waals surface area (Å²) in [7, 11) is 1.60. The smallest absolute Gasteiger partial charge is 0.231 e. The summed E-state index contributed by atoms with van der Waals surface area (Å²) in [6, 6.07) is 5.39. The average molecular weight is 329 g/mol. The molecule has 5 heteroatoms. The Labute approximate surface area is 122 Å².